The van der Waals surface area contributed by atoms with Crippen molar-refractivity contribution in [2.45, 2.75) is 6.92 Å². The predicted octanol–water partition coefficient (Wildman–Crippen LogP) is 1.88. The van der Waals surface area contributed by atoms with Gasteiger partial charge in [-0.1, -0.05) is 17.5 Å². The first kappa shape index (κ1) is 11.4. The first-order chi connectivity index (χ1) is 7.04. The minimum Gasteiger partial charge on any atom is -0.506 e. The monoisotopic (exact) mass is 224 g/mol. The van der Waals surface area contributed by atoms with Crippen LogP contribution in [0.1, 0.15) is 11.1 Å². The summed E-state index contributed by atoms with van der Waals surface area (Å²) in [5.41, 5.74) is 0.919. The Morgan fingerprint density at radius 1 is 1.53 bits per heavy atom. The molecule has 0 spiro atoms. The average molecular weight is 225 g/mol. The summed E-state index contributed by atoms with van der Waals surface area (Å²) < 4.78 is 4.35. The number of rotatable bonds is 0. The van der Waals surface area contributed by atoms with Crippen LogP contribution in [0.3, 0.4) is 0 Å². The van der Waals surface area contributed by atoms with E-state index in [4.69, 9.17) is 11.6 Å². The van der Waals surface area contributed by atoms with Gasteiger partial charge >= 0.3 is 5.97 Å². The molecule has 0 aromatic heterocycles. The largest absolute Gasteiger partial charge is 0.506 e. The highest BCUT2D eigenvalue weighted by atomic mass is 35.5. The van der Waals surface area contributed by atoms with E-state index in [1.165, 1.54) is 13.2 Å². The molecule has 1 N–H and O–H groups in total. The maximum atomic E-state index is 10.8. The first-order valence-corrected chi connectivity index (χ1v) is 4.51. The maximum absolute atomic E-state index is 10.8. The van der Waals surface area contributed by atoms with Crippen molar-refractivity contribution in [3.63, 3.8) is 0 Å². The van der Waals surface area contributed by atoms with Crippen molar-refractivity contribution in [1.29, 1.82) is 0 Å². The van der Waals surface area contributed by atoms with E-state index in [0.717, 1.165) is 0 Å². The molecule has 0 amide bonds. The number of hydrogen-bond acceptors (Lipinski definition) is 3. The van der Waals surface area contributed by atoms with Crippen molar-refractivity contribution in [2.24, 2.45) is 0 Å². The zero-order valence-corrected chi connectivity index (χ0v) is 9.05. The molecule has 1 aromatic carbocycles. The molecule has 0 fully saturated rings. The van der Waals surface area contributed by atoms with Crippen molar-refractivity contribution < 1.29 is 14.6 Å². The first-order valence-electron chi connectivity index (χ1n) is 4.13. The third kappa shape index (κ3) is 2.90. The van der Waals surface area contributed by atoms with E-state index in [-0.39, 0.29) is 5.75 Å². The number of halogens is 1. The van der Waals surface area contributed by atoms with Crippen molar-refractivity contribution in [3.05, 3.63) is 28.3 Å². The minimum atomic E-state index is -0.660. The number of aryl methyl sites for hydroxylation is 1. The number of carbonyl (C=O) groups is 1. The number of methoxy groups -OCH3 is 1. The van der Waals surface area contributed by atoms with Gasteiger partial charge in [0, 0.05) is 10.9 Å². The van der Waals surface area contributed by atoms with Crippen LogP contribution in [0.5, 0.6) is 5.75 Å². The molecule has 78 valence electrons. The van der Waals surface area contributed by atoms with Crippen LogP contribution in [0.4, 0.5) is 0 Å². The number of aromatic hydroxyl groups is 1. The molecule has 15 heavy (non-hydrogen) atoms. The number of ether oxygens (including phenoxy) is 1. The van der Waals surface area contributed by atoms with Crippen LogP contribution in [-0.4, -0.2) is 18.2 Å². The second kappa shape index (κ2) is 4.72. The standard InChI is InChI=1S/C11H9ClO3/c1-7-5-9(12)6-8(11(7)14)3-4-10(13)15-2/h5-6,14H,1-2H3. The van der Waals surface area contributed by atoms with Crippen LogP contribution in [0.25, 0.3) is 0 Å². The van der Waals surface area contributed by atoms with Crippen molar-refractivity contribution >= 4 is 17.6 Å². The van der Waals surface area contributed by atoms with Gasteiger partial charge in [-0.25, -0.2) is 4.79 Å². The van der Waals surface area contributed by atoms with Gasteiger partial charge in [-0.15, -0.1) is 0 Å². The lowest BCUT2D eigenvalue weighted by Gasteiger charge is -2.01. The Hall–Kier alpha value is -1.66. The van der Waals surface area contributed by atoms with Gasteiger partial charge in [0.2, 0.25) is 0 Å². The zero-order valence-electron chi connectivity index (χ0n) is 8.30. The van der Waals surface area contributed by atoms with Gasteiger partial charge < -0.3 is 9.84 Å². The third-order valence-electron chi connectivity index (χ3n) is 1.75. The number of phenolic OH excluding ortho intramolecular Hbond substituents is 1. The Balaban J connectivity index is 3.13. The fourth-order valence-electron chi connectivity index (χ4n) is 1.00. The van der Waals surface area contributed by atoms with Crippen LogP contribution in [0.15, 0.2) is 12.1 Å². The fourth-order valence-corrected chi connectivity index (χ4v) is 1.27. The average Bonchev–Trinajstić information content (AvgIpc) is 2.20. The summed E-state index contributed by atoms with van der Waals surface area (Å²) in [5.74, 6) is 4.06. The number of hydrogen-bond donors (Lipinski definition) is 1. The van der Waals surface area contributed by atoms with Gasteiger partial charge in [0.05, 0.1) is 12.7 Å². The van der Waals surface area contributed by atoms with Crippen molar-refractivity contribution in [1.82, 2.24) is 0 Å². The lowest BCUT2D eigenvalue weighted by atomic mass is 10.1. The molecule has 0 aliphatic heterocycles. The molecule has 4 heteroatoms. The molecule has 1 rings (SSSR count). The normalized spacial score (nSPS) is 9.00. The van der Waals surface area contributed by atoms with E-state index in [1.54, 1.807) is 13.0 Å². The summed E-state index contributed by atoms with van der Waals surface area (Å²) >= 11 is 5.78. The van der Waals surface area contributed by atoms with E-state index < -0.39 is 5.97 Å². The lowest BCUT2D eigenvalue weighted by molar-refractivity contribution is -0.133. The predicted molar refractivity (Wildman–Crippen MR) is 56.7 cm³/mol. The Morgan fingerprint density at radius 3 is 2.80 bits per heavy atom. The van der Waals surface area contributed by atoms with E-state index >= 15 is 0 Å². The molecule has 0 heterocycles. The van der Waals surface area contributed by atoms with Gasteiger partial charge in [-0.3, -0.25) is 0 Å². The minimum absolute atomic E-state index is 0.0239. The van der Waals surface area contributed by atoms with Gasteiger partial charge in [-0.05, 0) is 24.6 Å². The van der Waals surface area contributed by atoms with Gasteiger partial charge in [-0.2, -0.15) is 0 Å². The fraction of sp³-hybridized carbons (Fsp3) is 0.182. The van der Waals surface area contributed by atoms with Crippen LogP contribution >= 0.6 is 11.6 Å². The summed E-state index contributed by atoms with van der Waals surface area (Å²) in [5, 5.41) is 10.1. The Bertz CT molecular complexity index is 455. The molecule has 0 bridgehead atoms. The van der Waals surface area contributed by atoms with Crippen LogP contribution in [0, 0.1) is 18.8 Å². The van der Waals surface area contributed by atoms with Gasteiger partial charge in [0.25, 0.3) is 0 Å². The number of phenols is 1. The zero-order chi connectivity index (χ0) is 11.4. The molecule has 0 unspecified atom stereocenters. The van der Waals surface area contributed by atoms with E-state index in [2.05, 4.69) is 16.6 Å². The number of benzene rings is 1. The molecule has 0 saturated heterocycles. The molecule has 0 aliphatic carbocycles. The van der Waals surface area contributed by atoms with Crippen molar-refractivity contribution in [3.8, 4) is 17.6 Å². The third-order valence-corrected chi connectivity index (χ3v) is 1.97. The second-order valence-electron chi connectivity index (χ2n) is 2.86. The molecular weight excluding hydrogens is 216 g/mol. The highest BCUT2D eigenvalue weighted by Crippen LogP contribution is 2.25. The SMILES string of the molecule is COC(=O)C#Cc1cc(Cl)cc(C)c1O. The van der Waals surface area contributed by atoms with Crippen molar-refractivity contribution in [2.75, 3.05) is 7.11 Å². The van der Waals surface area contributed by atoms with E-state index in [1.807, 2.05) is 0 Å². The topological polar surface area (TPSA) is 46.5 Å². The molecule has 1 aromatic rings. The summed E-state index contributed by atoms with van der Waals surface area (Å²) in [6, 6.07) is 3.10. The highest BCUT2D eigenvalue weighted by molar-refractivity contribution is 6.30. The molecule has 0 aliphatic rings. The molecule has 3 nitrogen and oxygen atoms in total. The Morgan fingerprint density at radius 2 is 2.20 bits per heavy atom. The molecule has 0 radical (unpaired) electrons. The van der Waals surface area contributed by atoms with Crippen LogP contribution in [0.2, 0.25) is 5.02 Å². The lowest BCUT2D eigenvalue weighted by Crippen LogP contribution is -1.94. The second-order valence-corrected chi connectivity index (χ2v) is 3.30. The number of esters is 1. The summed E-state index contributed by atoms with van der Waals surface area (Å²) in [6.45, 7) is 1.70. The quantitative estimate of drug-likeness (QED) is 0.541. The van der Waals surface area contributed by atoms with E-state index in [9.17, 15) is 9.90 Å². The summed E-state index contributed by atoms with van der Waals surface area (Å²) in [4.78, 5) is 10.8. The Labute approximate surface area is 92.6 Å². The molecule has 0 saturated carbocycles. The summed E-state index contributed by atoms with van der Waals surface area (Å²) in [7, 11) is 1.24. The highest BCUT2D eigenvalue weighted by Gasteiger charge is 2.04. The summed E-state index contributed by atoms with van der Waals surface area (Å²) in [6.07, 6.45) is 0. The molecular formula is C11H9ClO3. The maximum Gasteiger partial charge on any atom is 0.384 e. The van der Waals surface area contributed by atoms with Crippen LogP contribution in [-0.2, 0) is 9.53 Å². The Kier molecular flexibility index (Phi) is 3.59. The van der Waals surface area contributed by atoms with Gasteiger partial charge in [0.15, 0.2) is 0 Å². The van der Waals surface area contributed by atoms with Gasteiger partial charge in [0.1, 0.15) is 5.75 Å². The van der Waals surface area contributed by atoms with E-state index in [0.29, 0.717) is 16.1 Å². The van der Waals surface area contributed by atoms with Crippen LogP contribution < -0.4 is 0 Å². The number of carbonyl (C=O) groups excluding carboxylic acids is 1. The smallest absolute Gasteiger partial charge is 0.384 e. The molecule has 0 atom stereocenters.